The van der Waals surface area contributed by atoms with Crippen LogP contribution in [0.25, 0.3) is 0 Å². The molecule has 0 aromatic rings. The van der Waals surface area contributed by atoms with Crippen molar-refractivity contribution in [1.82, 2.24) is 10.2 Å². The molecule has 0 aliphatic heterocycles. The van der Waals surface area contributed by atoms with Crippen molar-refractivity contribution in [3.63, 3.8) is 0 Å². The highest BCUT2D eigenvalue weighted by Gasteiger charge is 2.42. The average Bonchev–Trinajstić information content (AvgIpc) is 3.10. The van der Waals surface area contributed by atoms with Crippen LogP contribution in [-0.2, 0) is 0 Å². The Kier molecular flexibility index (Phi) is 4.68. The van der Waals surface area contributed by atoms with Gasteiger partial charge in [0.1, 0.15) is 0 Å². The summed E-state index contributed by atoms with van der Waals surface area (Å²) < 4.78 is 0. The van der Waals surface area contributed by atoms with Gasteiger partial charge in [0.15, 0.2) is 0 Å². The Morgan fingerprint density at radius 3 is 2.61 bits per heavy atom. The molecule has 18 heavy (non-hydrogen) atoms. The lowest BCUT2D eigenvalue weighted by Crippen LogP contribution is -2.54. The van der Waals surface area contributed by atoms with E-state index in [2.05, 4.69) is 31.1 Å². The third-order valence-electron chi connectivity index (χ3n) is 4.82. The van der Waals surface area contributed by atoms with Crippen molar-refractivity contribution in [2.45, 2.75) is 70.0 Å². The van der Waals surface area contributed by atoms with Crippen LogP contribution < -0.4 is 5.32 Å². The van der Waals surface area contributed by atoms with Gasteiger partial charge in [0.05, 0.1) is 6.61 Å². The van der Waals surface area contributed by atoms with E-state index in [-0.39, 0.29) is 5.54 Å². The molecule has 2 fully saturated rings. The summed E-state index contributed by atoms with van der Waals surface area (Å²) >= 11 is 0. The quantitative estimate of drug-likeness (QED) is 0.729. The van der Waals surface area contributed by atoms with Crippen molar-refractivity contribution in [2.24, 2.45) is 5.92 Å². The van der Waals surface area contributed by atoms with E-state index in [9.17, 15) is 5.11 Å². The van der Waals surface area contributed by atoms with E-state index in [1.165, 1.54) is 38.6 Å². The van der Waals surface area contributed by atoms with Crippen LogP contribution in [0.2, 0.25) is 0 Å². The monoisotopic (exact) mass is 254 g/mol. The summed E-state index contributed by atoms with van der Waals surface area (Å²) in [7, 11) is 2.25. The Hall–Kier alpha value is -0.120. The summed E-state index contributed by atoms with van der Waals surface area (Å²) in [6.45, 7) is 5.85. The van der Waals surface area contributed by atoms with Crippen LogP contribution in [-0.4, -0.2) is 47.8 Å². The van der Waals surface area contributed by atoms with Gasteiger partial charge in [0.25, 0.3) is 0 Å². The number of aliphatic hydroxyl groups excluding tert-OH is 1. The molecule has 2 atom stereocenters. The lowest BCUT2D eigenvalue weighted by Gasteiger charge is -2.37. The normalized spacial score (nSPS) is 32.7. The summed E-state index contributed by atoms with van der Waals surface area (Å²) in [5, 5.41) is 13.5. The Morgan fingerprint density at radius 1 is 1.33 bits per heavy atom. The molecule has 0 amide bonds. The third-order valence-corrected chi connectivity index (χ3v) is 4.82. The highest BCUT2D eigenvalue weighted by molar-refractivity contribution is 5.00. The van der Waals surface area contributed by atoms with Crippen LogP contribution in [0.3, 0.4) is 0 Å². The molecule has 0 aromatic carbocycles. The molecule has 106 valence electrons. The van der Waals surface area contributed by atoms with E-state index in [1.54, 1.807) is 0 Å². The number of nitrogens with one attached hydrogen (secondary N) is 1. The number of rotatable bonds is 7. The minimum Gasteiger partial charge on any atom is -0.394 e. The fourth-order valence-corrected chi connectivity index (χ4v) is 3.64. The summed E-state index contributed by atoms with van der Waals surface area (Å²) in [6, 6.07) is 1.31. The molecule has 0 radical (unpaired) electrons. The maximum Gasteiger partial charge on any atom is 0.0616 e. The van der Waals surface area contributed by atoms with Crippen LogP contribution in [0.1, 0.15) is 52.4 Å². The Labute approximate surface area is 112 Å². The first kappa shape index (κ1) is 14.3. The zero-order valence-corrected chi connectivity index (χ0v) is 12.3. The fourth-order valence-electron chi connectivity index (χ4n) is 3.64. The van der Waals surface area contributed by atoms with Gasteiger partial charge in [-0.15, -0.1) is 0 Å². The predicted molar refractivity (Wildman–Crippen MR) is 75.7 cm³/mol. The first-order valence-electron chi connectivity index (χ1n) is 7.66. The molecule has 0 spiro atoms. The SMILES string of the molecule is CC(C)NC1(CO)CCCC1CCN(C)C1CC1. The molecule has 3 heteroatoms. The van der Waals surface area contributed by atoms with E-state index in [0.717, 1.165) is 12.5 Å². The Bertz CT molecular complexity index is 265. The zero-order chi connectivity index (χ0) is 13.2. The molecule has 0 heterocycles. The van der Waals surface area contributed by atoms with Gasteiger partial charge in [-0.1, -0.05) is 20.3 Å². The van der Waals surface area contributed by atoms with Crippen molar-refractivity contribution in [2.75, 3.05) is 20.2 Å². The van der Waals surface area contributed by atoms with Crippen molar-refractivity contribution in [3.05, 3.63) is 0 Å². The third kappa shape index (κ3) is 3.25. The lowest BCUT2D eigenvalue weighted by atomic mass is 9.84. The predicted octanol–water partition coefficient (Wildman–Crippen LogP) is 2.00. The van der Waals surface area contributed by atoms with Gasteiger partial charge < -0.3 is 15.3 Å². The fraction of sp³-hybridized carbons (Fsp3) is 1.00. The summed E-state index contributed by atoms with van der Waals surface area (Å²) in [5.74, 6) is 0.645. The van der Waals surface area contributed by atoms with E-state index in [0.29, 0.717) is 18.6 Å². The number of aliphatic hydroxyl groups is 1. The van der Waals surface area contributed by atoms with Crippen LogP contribution in [0.5, 0.6) is 0 Å². The molecule has 2 aliphatic carbocycles. The maximum atomic E-state index is 9.85. The minimum absolute atomic E-state index is 0.00143. The molecule has 0 bridgehead atoms. The van der Waals surface area contributed by atoms with Gasteiger partial charge in [-0.2, -0.15) is 0 Å². The van der Waals surface area contributed by atoms with E-state index in [1.807, 2.05) is 0 Å². The molecule has 0 aromatic heterocycles. The minimum atomic E-state index is -0.00143. The highest BCUT2D eigenvalue weighted by Crippen LogP contribution is 2.38. The average molecular weight is 254 g/mol. The molecule has 2 aliphatic rings. The Balaban J connectivity index is 1.87. The molecule has 2 N–H and O–H groups in total. The smallest absolute Gasteiger partial charge is 0.0616 e. The molecular formula is C15H30N2O. The van der Waals surface area contributed by atoms with E-state index >= 15 is 0 Å². The largest absolute Gasteiger partial charge is 0.394 e. The summed E-state index contributed by atoms with van der Waals surface area (Å²) in [5.41, 5.74) is -0.00143. The van der Waals surface area contributed by atoms with Crippen LogP contribution in [0.4, 0.5) is 0 Å². The molecular weight excluding hydrogens is 224 g/mol. The topological polar surface area (TPSA) is 35.5 Å². The van der Waals surface area contributed by atoms with Gasteiger partial charge in [-0.3, -0.25) is 0 Å². The van der Waals surface area contributed by atoms with Crippen LogP contribution in [0, 0.1) is 5.92 Å². The summed E-state index contributed by atoms with van der Waals surface area (Å²) in [6.07, 6.45) is 7.68. The maximum absolute atomic E-state index is 9.85. The molecule has 0 saturated heterocycles. The van der Waals surface area contributed by atoms with Crippen molar-refractivity contribution in [1.29, 1.82) is 0 Å². The molecule has 2 rings (SSSR count). The zero-order valence-electron chi connectivity index (χ0n) is 12.3. The van der Waals surface area contributed by atoms with Crippen molar-refractivity contribution < 1.29 is 5.11 Å². The number of hydrogen-bond acceptors (Lipinski definition) is 3. The second kappa shape index (κ2) is 5.89. The van der Waals surface area contributed by atoms with Gasteiger partial charge in [-0.25, -0.2) is 0 Å². The number of hydrogen-bond donors (Lipinski definition) is 2. The Morgan fingerprint density at radius 2 is 2.06 bits per heavy atom. The molecule has 2 saturated carbocycles. The second-order valence-corrected chi connectivity index (χ2v) is 6.70. The van der Waals surface area contributed by atoms with Crippen molar-refractivity contribution >= 4 is 0 Å². The van der Waals surface area contributed by atoms with Gasteiger partial charge in [-0.05, 0) is 51.6 Å². The first-order valence-corrected chi connectivity index (χ1v) is 7.66. The molecule has 2 unspecified atom stereocenters. The van der Waals surface area contributed by atoms with E-state index in [4.69, 9.17) is 0 Å². The first-order chi connectivity index (χ1) is 8.57. The van der Waals surface area contributed by atoms with Crippen LogP contribution >= 0.6 is 0 Å². The van der Waals surface area contributed by atoms with Gasteiger partial charge in [0.2, 0.25) is 0 Å². The van der Waals surface area contributed by atoms with Gasteiger partial charge in [0, 0.05) is 17.6 Å². The highest BCUT2D eigenvalue weighted by atomic mass is 16.3. The standard InChI is InChI=1S/C15H30N2O/c1-12(2)16-15(11-18)9-4-5-13(15)8-10-17(3)14-6-7-14/h12-14,16,18H,4-11H2,1-3H3. The number of nitrogens with zero attached hydrogens (tertiary/aromatic N) is 1. The van der Waals surface area contributed by atoms with Gasteiger partial charge >= 0.3 is 0 Å². The molecule has 3 nitrogen and oxygen atoms in total. The lowest BCUT2D eigenvalue weighted by molar-refractivity contribution is 0.104. The second-order valence-electron chi connectivity index (χ2n) is 6.70. The van der Waals surface area contributed by atoms with Crippen LogP contribution in [0.15, 0.2) is 0 Å². The van der Waals surface area contributed by atoms with Crippen molar-refractivity contribution in [3.8, 4) is 0 Å². The summed E-state index contributed by atoms with van der Waals surface area (Å²) in [4.78, 5) is 2.51. The van der Waals surface area contributed by atoms with E-state index < -0.39 is 0 Å².